The van der Waals surface area contributed by atoms with E-state index in [0.717, 1.165) is 18.8 Å². The van der Waals surface area contributed by atoms with Crippen LogP contribution in [0.4, 0.5) is 5.69 Å². The zero-order valence-electron chi connectivity index (χ0n) is 10.9. The first-order chi connectivity index (χ1) is 8.71. The van der Waals surface area contributed by atoms with E-state index in [-0.39, 0.29) is 5.91 Å². The maximum Gasteiger partial charge on any atom is 0.224 e. The normalized spacial score (nSPS) is 9.61. The molecular formula is C14H19N3O. The molecule has 1 amide bonds. The van der Waals surface area contributed by atoms with Crippen molar-refractivity contribution in [2.24, 2.45) is 0 Å². The summed E-state index contributed by atoms with van der Waals surface area (Å²) >= 11 is 0. The molecule has 0 saturated carbocycles. The van der Waals surface area contributed by atoms with Crippen LogP contribution >= 0.6 is 0 Å². The number of amides is 1. The molecule has 4 nitrogen and oxygen atoms in total. The van der Waals surface area contributed by atoms with Crippen molar-refractivity contribution >= 4 is 11.6 Å². The van der Waals surface area contributed by atoms with Crippen molar-refractivity contribution in [3.05, 3.63) is 29.8 Å². The van der Waals surface area contributed by atoms with E-state index in [1.54, 1.807) is 12.1 Å². The third-order valence-corrected chi connectivity index (χ3v) is 2.80. The third-order valence-electron chi connectivity index (χ3n) is 2.80. The number of benzene rings is 1. The summed E-state index contributed by atoms with van der Waals surface area (Å²) < 4.78 is 0. The van der Waals surface area contributed by atoms with Crippen LogP contribution in [-0.4, -0.2) is 30.4 Å². The molecule has 0 saturated heterocycles. The fourth-order valence-corrected chi connectivity index (χ4v) is 1.71. The van der Waals surface area contributed by atoms with Crippen LogP contribution in [0.2, 0.25) is 0 Å². The smallest absolute Gasteiger partial charge is 0.224 e. The van der Waals surface area contributed by atoms with Crippen LogP contribution in [0.5, 0.6) is 0 Å². The summed E-state index contributed by atoms with van der Waals surface area (Å²) in [7, 11) is 0. The molecule has 0 aliphatic rings. The van der Waals surface area contributed by atoms with Crippen molar-refractivity contribution in [2.75, 3.05) is 25.0 Å². The number of carbonyl (C=O) groups excluding carboxylic acids is 1. The highest BCUT2D eigenvalue weighted by Gasteiger charge is 2.08. The molecule has 0 unspecified atom stereocenters. The number of hydrogen-bond donors (Lipinski definition) is 1. The lowest BCUT2D eigenvalue weighted by molar-refractivity contribution is -0.130. The minimum atomic E-state index is 0.168. The van der Waals surface area contributed by atoms with E-state index < -0.39 is 0 Å². The lowest BCUT2D eigenvalue weighted by Gasteiger charge is -2.18. The summed E-state index contributed by atoms with van der Waals surface area (Å²) in [4.78, 5) is 13.6. The van der Waals surface area contributed by atoms with Gasteiger partial charge in [-0.2, -0.15) is 5.26 Å². The van der Waals surface area contributed by atoms with Crippen LogP contribution in [0.3, 0.4) is 0 Å². The van der Waals surface area contributed by atoms with Gasteiger partial charge in [0.25, 0.3) is 0 Å². The van der Waals surface area contributed by atoms with Crippen LogP contribution in [0.1, 0.15) is 25.8 Å². The van der Waals surface area contributed by atoms with Crippen molar-refractivity contribution in [3.63, 3.8) is 0 Å². The molecule has 1 aromatic rings. The number of nitriles is 1. The first-order valence-electron chi connectivity index (χ1n) is 6.23. The molecule has 4 heteroatoms. The number of nitrogens with zero attached hydrogens (tertiary/aromatic N) is 2. The zero-order valence-corrected chi connectivity index (χ0v) is 10.9. The Labute approximate surface area is 108 Å². The quantitative estimate of drug-likeness (QED) is 0.836. The Morgan fingerprint density at radius 1 is 1.28 bits per heavy atom. The average molecular weight is 245 g/mol. The molecule has 1 aromatic carbocycles. The molecule has 0 bridgehead atoms. The predicted octanol–water partition coefficient (Wildman–Crippen LogP) is 2.23. The highest BCUT2D eigenvalue weighted by Crippen LogP contribution is 2.08. The number of rotatable bonds is 6. The SMILES string of the molecule is CCN(CC)C(=O)CCNc1ccc(C#N)cc1. The highest BCUT2D eigenvalue weighted by atomic mass is 16.2. The number of hydrogen-bond acceptors (Lipinski definition) is 3. The topological polar surface area (TPSA) is 56.1 Å². The molecule has 0 spiro atoms. The van der Waals surface area contributed by atoms with E-state index in [1.165, 1.54) is 0 Å². The Balaban J connectivity index is 2.37. The summed E-state index contributed by atoms with van der Waals surface area (Å²) in [5.74, 6) is 0.168. The monoisotopic (exact) mass is 245 g/mol. The molecule has 0 radical (unpaired) electrons. The van der Waals surface area contributed by atoms with Crippen molar-refractivity contribution in [3.8, 4) is 6.07 Å². The second kappa shape index (κ2) is 7.33. The van der Waals surface area contributed by atoms with E-state index in [9.17, 15) is 4.79 Å². The van der Waals surface area contributed by atoms with E-state index in [2.05, 4.69) is 11.4 Å². The summed E-state index contributed by atoms with van der Waals surface area (Å²) in [5.41, 5.74) is 1.57. The fourth-order valence-electron chi connectivity index (χ4n) is 1.71. The summed E-state index contributed by atoms with van der Waals surface area (Å²) in [6.45, 7) is 6.09. The Bertz CT molecular complexity index is 416. The van der Waals surface area contributed by atoms with Crippen molar-refractivity contribution in [1.82, 2.24) is 4.90 Å². The van der Waals surface area contributed by atoms with Crippen LogP contribution in [0.15, 0.2) is 24.3 Å². The molecule has 0 aliphatic carbocycles. The van der Waals surface area contributed by atoms with Crippen molar-refractivity contribution in [1.29, 1.82) is 5.26 Å². The number of anilines is 1. The minimum Gasteiger partial charge on any atom is -0.385 e. The Morgan fingerprint density at radius 2 is 1.89 bits per heavy atom. The molecular weight excluding hydrogens is 226 g/mol. The summed E-state index contributed by atoms with van der Waals surface area (Å²) in [5, 5.41) is 11.8. The summed E-state index contributed by atoms with van der Waals surface area (Å²) in [6.07, 6.45) is 0.488. The molecule has 0 aromatic heterocycles. The highest BCUT2D eigenvalue weighted by molar-refractivity contribution is 5.76. The Morgan fingerprint density at radius 3 is 2.39 bits per heavy atom. The van der Waals surface area contributed by atoms with Gasteiger partial charge in [0.05, 0.1) is 11.6 Å². The van der Waals surface area contributed by atoms with Gasteiger partial charge in [0.1, 0.15) is 0 Å². The number of nitrogens with one attached hydrogen (secondary N) is 1. The fraction of sp³-hybridized carbons (Fsp3) is 0.429. The molecule has 0 heterocycles. The zero-order chi connectivity index (χ0) is 13.4. The standard InChI is InChI=1S/C14H19N3O/c1-3-17(4-2)14(18)9-10-16-13-7-5-12(11-15)6-8-13/h5-8,16H,3-4,9-10H2,1-2H3. The lowest BCUT2D eigenvalue weighted by atomic mass is 10.2. The number of carbonyl (C=O) groups is 1. The van der Waals surface area contributed by atoms with E-state index >= 15 is 0 Å². The van der Waals surface area contributed by atoms with Gasteiger partial charge < -0.3 is 10.2 Å². The van der Waals surface area contributed by atoms with Crippen LogP contribution in [0.25, 0.3) is 0 Å². The maximum absolute atomic E-state index is 11.7. The molecule has 0 aliphatic heterocycles. The van der Waals surface area contributed by atoms with E-state index in [1.807, 2.05) is 30.9 Å². The van der Waals surface area contributed by atoms with Gasteiger partial charge in [-0.05, 0) is 38.1 Å². The average Bonchev–Trinajstić information content (AvgIpc) is 2.41. The van der Waals surface area contributed by atoms with Crippen molar-refractivity contribution in [2.45, 2.75) is 20.3 Å². The lowest BCUT2D eigenvalue weighted by Crippen LogP contribution is -2.31. The predicted molar refractivity (Wildman–Crippen MR) is 72.2 cm³/mol. The molecule has 0 atom stereocenters. The second-order valence-corrected chi connectivity index (χ2v) is 3.93. The maximum atomic E-state index is 11.7. The van der Waals surface area contributed by atoms with Crippen molar-refractivity contribution < 1.29 is 4.79 Å². The van der Waals surface area contributed by atoms with E-state index in [4.69, 9.17) is 5.26 Å². The van der Waals surface area contributed by atoms with E-state index in [0.29, 0.717) is 18.5 Å². The van der Waals surface area contributed by atoms with Crippen LogP contribution < -0.4 is 5.32 Å². The van der Waals surface area contributed by atoms with Gasteiger partial charge in [-0.15, -0.1) is 0 Å². The first kappa shape index (κ1) is 14.0. The van der Waals surface area contributed by atoms with Gasteiger partial charge in [-0.25, -0.2) is 0 Å². The Hall–Kier alpha value is -2.02. The minimum absolute atomic E-state index is 0.168. The molecule has 1 rings (SSSR count). The van der Waals surface area contributed by atoms with Gasteiger partial charge in [0.15, 0.2) is 0 Å². The van der Waals surface area contributed by atoms with Crippen LogP contribution in [0, 0.1) is 11.3 Å². The van der Waals surface area contributed by atoms with Crippen LogP contribution in [-0.2, 0) is 4.79 Å². The summed E-state index contributed by atoms with van der Waals surface area (Å²) in [6, 6.07) is 9.28. The molecule has 1 N–H and O–H groups in total. The Kier molecular flexibility index (Phi) is 5.72. The van der Waals surface area contributed by atoms with Gasteiger partial charge in [0, 0.05) is 31.7 Å². The molecule has 96 valence electrons. The third kappa shape index (κ3) is 4.10. The largest absolute Gasteiger partial charge is 0.385 e. The van der Waals surface area contributed by atoms with Gasteiger partial charge in [-0.1, -0.05) is 0 Å². The van der Waals surface area contributed by atoms with Gasteiger partial charge in [-0.3, -0.25) is 4.79 Å². The molecule has 18 heavy (non-hydrogen) atoms. The second-order valence-electron chi connectivity index (χ2n) is 3.93. The molecule has 0 fully saturated rings. The van der Waals surface area contributed by atoms with Gasteiger partial charge in [0.2, 0.25) is 5.91 Å². The van der Waals surface area contributed by atoms with Gasteiger partial charge >= 0.3 is 0 Å². The first-order valence-corrected chi connectivity index (χ1v) is 6.23.